The number of hydrogen-bond donors (Lipinski definition) is 0. The molecular formula is C31H41N5O4S. The van der Waals surface area contributed by atoms with Gasteiger partial charge in [-0.3, -0.25) is 4.90 Å². The lowest BCUT2D eigenvalue weighted by atomic mass is 9.80. The van der Waals surface area contributed by atoms with Crippen molar-refractivity contribution in [1.82, 2.24) is 19.2 Å². The van der Waals surface area contributed by atoms with Gasteiger partial charge in [0.25, 0.3) is 0 Å². The Morgan fingerprint density at radius 3 is 2.32 bits per heavy atom. The average Bonchev–Trinajstić information content (AvgIpc) is 2.97. The Labute approximate surface area is 244 Å². The van der Waals surface area contributed by atoms with Crippen LogP contribution < -0.4 is 14.4 Å². The van der Waals surface area contributed by atoms with Gasteiger partial charge in [-0.25, -0.2) is 13.4 Å². The van der Waals surface area contributed by atoms with Gasteiger partial charge in [-0.2, -0.15) is 9.29 Å². The van der Waals surface area contributed by atoms with Gasteiger partial charge in [0, 0.05) is 37.4 Å². The molecule has 0 saturated carbocycles. The number of aromatic nitrogens is 2. The Hall–Kier alpha value is -3.21. The summed E-state index contributed by atoms with van der Waals surface area (Å²) in [5.74, 6) is 1.77. The van der Waals surface area contributed by atoms with Crippen molar-refractivity contribution in [1.29, 1.82) is 0 Å². The number of hydrogen-bond acceptors (Lipinski definition) is 8. The molecular weight excluding hydrogens is 538 g/mol. The number of benzene rings is 2. The third-order valence-electron chi connectivity index (χ3n) is 8.55. The summed E-state index contributed by atoms with van der Waals surface area (Å²) in [7, 11) is 2.20. The maximum Gasteiger partial charge on any atom is 0.243 e. The van der Waals surface area contributed by atoms with Crippen molar-refractivity contribution in [2.75, 3.05) is 52.3 Å². The van der Waals surface area contributed by atoms with Crippen LogP contribution in [0.1, 0.15) is 42.4 Å². The highest BCUT2D eigenvalue weighted by molar-refractivity contribution is 7.89. The van der Waals surface area contributed by atoms with Gasteiger partial charge < -0.3 is 14.4 Å². The highest BCUT2D eigenvalue weighted by Gasteiger charge is 2.39. The summed E-state index contributed by atoms with van der Waals surface area (Å²) < 4.78 is 40.5. The van der Waals surface area contributed by atoms with Gasteiger partial charge in [0.1, 0.15) is 11.9 Å². The molecule has 2 aromatic carbocycles. The largest absolute Gasteiger partial charge is 0.497 e. The van der Waals surface area contributed by atoms with Crippen molar-refractivity contribution in [3.63, 3.8) is 0 Å². The maximum atomic E-state index is 13.7. The number of piperidine rings is 2. The average molecular weight is 580 g/mol. The van der Waals surface area contributed by atoms with Gasteiger partial charge in [0.15, 0.2) is 0 Å². The lowest BCUT2D eigenvalue weighted by molar-refractivity contribution is 0.114. The number of aryl methyl sites for hydroxylation is 2. The zero-order chi connectivity index (χ0) is 29.2. The molecule has 3 aromatic rings. The summed E-state index contributed by atoms with van der Waals surface area (Å²) in [6.45, 7) is 6.01. The highest BCUT2D eigenvalue weighted by atomic mass is 32.2. The monoisotopic (exact) mass is 579 g/mol. The van der Waals surface area contributed by atoms with E-state index in [9.17, 15) is 8.42 Å². The van der Waals surface area contributed by atoms with Crippen molar-refractivity contribution >= 4 is 16.0 Å². The summed E-state index contributed by atoms with van der Waals surface area (Å²) >= 11 is 0. The molecule has 0 radical (unpaired) electrons. The third kappa shape index (κ3) is 5.91. The van der Waals surface area contributed by atoms with Crippen LogP contribution in [0.15, 0.2) is 59.6 Å². The third-order valence-corrected chi connectivity index (χ3v) is 10.7. The number of rotatable bonds is 8. The van der Waals surface area contributed by atoms with Crippen molar-refractivity contribution in [3.8, 4) is 11.6 Å². The Morgan fingerprint density at radius 2 is 1.68 bits per heavy atom. The molecule has 41 heavy (non-hydrogen) atoms. The van der Waals surface area contributed by atoms with Crippen LogP contribution >= 0.6 is 0 Å². The van der Waals surface area contributed by atoms with Crippen molar-refractivity contribution < 1.29 is 17.9 Å². The fourth-order valence-electron chi connectivity index (χ4n) is 6.32. The number of anilines is 1. The van der Waals surface area contributed by atoms with E-state index in [-0.39, 0.29) is 18.2 Å². The lowest BCUT2D eigenvalue weighted by Gasteiger charge is -2.46. The summed E-state index contributed by atoms with van der Waals surface area (Å²) in [6.07, 6.45) is 4.83. The van der Waals surface area contributed by atoms with E-state index in [0.717, 1.165) is 32.4 Å². The molecule has 0 aliphatic carbocycles. The molecule has 1 unspecified atom stereocenters. The van der Waals surface area contributed by atoms with Crippen LogP contribution in [0, 0.1) is 13.8 Å². The van der Waals surface area contributed by atoms with E-state index < -0.39 is 10.0 Å². The minimum Gasteiger partial charge on any atom is -0.497 e. The summed E-state index contributed by atoms with van der Waals surface area (Å²) in [4.78, 5) is 14.2. The van der Waals surface area contributed by atoms with Crippen LogP contribution in [0.25, 0.3) is 0 Å². The smallest absolute Gasteiger partial charge is 0.243 e. The van der Waals surface area contributed by atoms with E-state index in [4.69, 9.17) is 14.5 Å². The van der Waals surface area contributed by atoms with Crippen molar-refractivity contribution in [3.05, 3.63) is 71.4 Å². The molecule has 0 bridgehead atoms. The first-order chi connectivity index (χ1) is 19.6. The Bertz CT molecular complexity index is 1430. The molecule has 2 aliphatic heterocycles. The van der Waals surface area contributed by atoms with Gasteiger partial charge in [-0.1, -0.05) is 30.3 Å². The number of ether oxygens (including phenoxy) is 2. The van der Waals surface area contributed by atoms with Crippen LogP contribution in [0.3, 0.4) is 0 Å². The van der Waals surface area contributed by atoms with E-state index >= 15 is 0 Å². The molecule has 0 N–H and O–H groups in total. The summed E-state index contributed by atoms with van der Waals surface area (Å²) in [6, 6.07) is 16.0. The molecule has 1 atom stereocenters. The van der Waals surface area contributed by atoms with Crippen LogP contribution in [0.5, 0.6) is 11.6 Å². The van der Waals surface area contributed by atoms with E-state index in [1.165, 1.54) is 5.56 Å². The fourth-order valence-corrected chi connectivity index (χ4v) is 8.25. The second-order valence-electron chi connectivity index (χ2n) is 11.3. The molecule has 2 fully saturated rings. The minimum absolute atomic E-state index is 0.0243. The van der Waals surface area contributed by atoms with Gasteiger partial charge in [0.2, 0.25) is 21.9 Å². The molecule has 0 amide bonds. The Morgan fingerprint density at radius 1 is 1.00 bits per heavy atom. The summed E-state index contributed by atoms with van der Waals surface area (Å²) in [5.41, 5.74) is 2.66. The Balaban J connectivity index is 1.27. The SMILES string of the molecule is COc1cc(C)c(S(=O)(=O)N2CCCC(Oc3ccnc(N4CCC(c5ccccc5)(N(C)C)CC4)n3)C2)c(C)c1. The highest BCUT2D eigenvalue weighted by Crippen LogP contribution is 2.38. The molecule has 2 saturated heterocycles. The number of methoxy groups -OCH3 is 1. The van der Waals surface area contributed by atoms with Crippen molar-refractivity contribution in [2.24, 2.45) is 0 Å². The predicted octanol–water partition coefficient (Wildman–Crippen LogP) is 4.39. The second-order valence-corrected chi connectivity index (χ2v) is 13.2. The van der Waals surface area contributed by atoms with Gasteiger partial charge in [-0.05, 0) is 82.4 Å². The summed E-state index contributed by atoms with van der Waals surface area (Å²) in [5, 5.41) is 0. The fraction of sp³-hybridized carbons (Fsp3) is 0.484. The standard InChI is InChI=1S/C31H41N5O4S/c1-23-20-27(39-5)21-24(2)29(23)41(37,38)36-17-9-12-26(22-36)40-28-13-16-32-30(33-28)35-18-14-31(15-19-35,34(3)4)25-10-7-6-8-11-25/h6-8,10-11,13,16,20-21,26H,9,12,14-15,17-19,22H2,1-5H3. The molecule has 2 aliphatic rings. The quantitative estimate of drug-likeness (QED) is 0.388. The molecule has 3 heterocycles. The van der Waals surface area contributed by atoms with E-state index in [2.05, 4.69) is 59.2 Å². The first kappa shape index (κ1) is 29.3. The van der Waals surface area contributed by atoms with Crippen LogP contribution in [-0.4, -0.2) is 81.1 Å². The van der Waals surface area contributed by atoms with Crippen LogP contribution in [-0.2, 0) is 15.6 Å². The van der Waals surface area contributed by atoms with E-state index in [0.29, 0.717) is 46.6 Å². The molecule has 220 valence electrons. The van der Waals surface area contributed by atoms with Crippen LogP contribution in [0.2, 0.25) is 0 Å². The normalized spacial score (nSPS) is 19.8. The van der Waals surface area contributed by atoms with E-state index in [1.54, 1.807) is 35.8 Å². The topological polar surface area (TPSA) is 88.1 Å². The van der Waals surface area contributed by atoms with Crippen LogP contribution in [0.4, 0.5) is 5.95 Å². The predicted molar refractivity (Wildman–Crippen MR) is 160 cm³/mol. The second kappa shape index (κ2) is 12.0. The molecule has 1 aromatic heterocycles. The molecule has 9 nitrogen and oxygen atoms in total. The van der Waals surface area contributed by atoms with E-state index in [1.807, 2.05) is 13.8 Å². The number of sulfonamides is 1. The van der Waals surface area contributed by atoms with Crippen molar-refractivity contribution in [2.45, 2.75) is 56.1 Å². The first-order valence-corrected chi connectivity index (χ1v) is 15.7. The molecule has 5 rings (SSSR count). The maximum absolute atomic E-state index is 13.7. The van der Waals surface area contributed by atoms with Gasteiger partial charge in [0.05, 0.1) is 18.6 Å². The molecule has 10 heteroatoms. The zero-order valence-electron chi connectivity index (χ0n) is 24.7. The van der Waals surface area contributed by atoms with Gasteiger partial charge >= 0.3 is 0 Å². The Kier molecular flexibility index (Phi) is 8.54. The zero-order valence-corrected chi connectivity index (χ0v) is 25.5. The molecule has 0 spiro atoms. The lowest BCUT2D eigenvalue weighted by Crippen LogP contribution is -2.50. The minimum atomic E-state index is -3.69. The first-order valence-electron chi connectivity index (χ1n) is 14.3. The van der Waals surface area contributed by atoms with Gasteiger partial charge in [-0.15, -0.1) is 0 Å². The number of nitrogens with zero attached hydrogens (tertiary/aromatic N) is 5.